The fourth-order valence-corrected chi connectivity index (χ4v) is 3.01. The highest BCUT2D eigenvalue weighted by molar-refractivity contribution is 6.30. The van der Waals surface area contributed by atoms with Crippen LogP contribution in [0.4, 0.5) is 5.69 Å². The third-order valence-electron chi connectivity index (χ3n) is 4.28. The van der Waals surface area contributed by atoms with E-state index in [0.717, 1.165) is 11.3 Å². The summed E-state index contributed by atoms with van der Waals surface area (Å²) in [5.74, 6) is -1.53. The maximum absolute atomic E-state index is 12.3. The topological polar surface area (TPSA) is 63.7 Å². The van der Waals surface area contributed by atoms with Crippen molar-refractivity contribution >= 4 is 34.9 Å². The number of amides is 1. The Balaban J connectivity index is 1.58. The molecular weight excluding hydrogens is 354 g/mol. The zero-order chi connectivity index (χ0) is 18.7. The van der Waals surface area contributed by atoms with Crippen molar-refractivity contribution in [2.45, 2.75) is 13.3 Å². The summed E-state index contributed by atoms with van der Waals surface area (Å²) in [6.45, 7) is 1.85. The van der Waals surface area contributed by atoms with Gasteiger partial charge in [-0.3, -0.25) is 14.4 Å². The van der Waals surface area contributed by atoms with Gasteiger partial charge in [-0.1, -0.05) is 23.7 Å². The number of esters is 1. The van der Waals surface area contributed by atoms with Crippen LogP contribution in [0.15, 0.2) is 48.5 Å². The maximum Gasteiger partial charge on any atom is 0.311 e. The van der Waals surface area contributed by atoms with E-state index in [9.17, 15) is 14.4 Å². The molecule has 1 atom stereocenters. The van der Waals surface area contributed by atoms with Gasteiger partial charge in [0.1, 0.15) is 0 Å². The molecule has 3 rings (SSSR count). The number of anilines is 1. The van der Waals surface area contributed by atoms with Crippen molar-refractivity contribution in [3.05, 3.63) is 64.7 Å². The molecule has 0 bridgehead atoms. The van der Waals surface area contributed by atoms with E-state index in [1.54, 1.807) is 29.2 Å². The average Bonchev–Trinajstić information content (AvgIpc) is 3.02. The Hall–Kier alpha value is -2.66. The molecule has 5 nitrogen and oxygen atoms in total. The molecular formula is C20H18ClNO4. The molecule has 1 heterocycles. The van der Waals surface area contributed by atoms with E-state index in [4.69, 9.17) is 16.3 Å². The van der Waals surface area contributed by atoms with Gasteiger partial charge in [-0.25, -0.2) is 0 Å². The molecule has 0 saturated carbocycles. The highest BCUT2D eigenvalue weighted by atomic mass is 35.5. The lowest BCUT2D eigenvalue weighted by atomic mass is 10.1. The van der Waals surface area contributed by atoms with Gasteiger partial charge in [-0.15, -0.1) is 0 Å². The Morgan fingerprint density at radius 1 is 1.19 bits per heavy atom. The van der Waals surface area contributed by atoms with Crippen molar-refractivity contribution in [1.29, 1.82) is 0 Å². The van der Waals surface area contributed by atoms with E-state index in [1.807, 2.05) is 31.2 Å². The van der Waals surface area contributed by atoms with Crippen molar-refractivity contribution in [2.24, 2.45) is 5.92 Å². The highest BCUT2D eigenvalue weighted by Crippen LogP contribution is 2.26. The molecule has 0 aliphatic carbocycles. The first-order valence-corrected chi connectivity index (χ1v) is 8.64. The predicted molar refractivity (Wildman–Crippen MR) is 98.4 cm³/mol. The van der Waals surface area contributed by atoms with Gasteiger partial charge in [0, 0.05) is 29.2 Å². The highest BCUT2D eigenvalue weighted by Gasteiger charge is 2.36. The Bertz CT molecular complexity index is 847. The number of aryl methyl sites for hydroxylation is 1. The number of carbonyl (C=O) groups excluding carboxylic acids is 3. The molecule has 1 aliphatic rings. The third-order valence-corrected chi connectivity index (χ3v) is 4.54. The van der Waals surface area contributed by atoms with Crippen molar-refractivity contribution in [3.8, 4) is 0 Å². The van der Waals surface area contributed by atoms with Gasteiger partial charge in [0.25, 0.3) is 0 Å². The lowest BCUT2D eigenvalue weighted by Gasteiger charge is -2.17. The van der Waals surface area contributed by atoms with Crippen LogP contribution in [0.1, 0.15) is 22.3 Å². The number of ketones is 1. The number of carbonyl (C=O) groups is 3. The maximum atomic E-state index is 12.3. The number of halogens is 1. The standard InChI is InChI=1S/C20H18ClNO4/c1-13-3-2-4-17(9-13)22-11-15(10-19(22)24)20(25)26-12-18(23)14-5-7-16(21)8-6-14/h2-9,15H,10-12H2,1H3/t15-/m1/s1. The molecule has 1 fully saturated rings. The molecule has 1 aliphatic heterocycles. The zero-order valence-corrected chi connectivity index (χ0v) is 15.0. The van der Waals surface area contributed by atoms with E-state index in [-0.39, 0.29) is 31.3 Å². The second kappa shape index (κ2) is 7.70. The molecule has 0 N–H and O–H groups in total. The van der Waals surface area contributed by atoms with E-state index in [0.29, 0.717) is 10.6 Å². The lowest BCUT2D eigenvalue weighted by molar-refractivity contribution is -0.147. The number of Topliss-reactive ketones (excluding diaryl/α,β-unsaturated/α-hetero) is 1. The smallest absolute Gasteiger partial charge is 0.311 e. The first-order chi connectivity index (χ1) is 12.4. The van der Waals surface area contributed by atoms with E-state index in [2.05, 4.69) is 0 Å². The van der Waals surface area contributed by atoms with Gasteiger partial charge in [0.15, 0.2) is 12.4 Å². The van der Waals surface area contributed by atoms with Crippen LogP contribution in [0.2, 0.25) is 5.02 Å². The Kier molecular flexibility index (Phi) is 5.38. The van der Waals surface area contributed by atoms with Crippen molar-refractivity contribution < 1.29 is 19.1 Å². The van der Waals surface area contributed by atoms with Gasteiger partial charge in [-0.05, 0) is 48.9 Å². The molecule has 134 valence electrons. The minimum atomic E-state index is -0.568. The van der Waals surface area contributed by atoms with Crippen LogP contribution < -0.4 is 4.90 Å². The number of hydrogen-bond acceptors (Lipinski definition) is 4. The quantitative estimate of drug-likeness (QED) is 0.596. The molecule has 0 spiro atoms. The third kappa shape index (κ3) is 4.11. The minimum absolute atomic E-state index is 0.0852. The average molecular weight is 372 g/mol. The molecule has 2 aromatic rings. The molecule has 0 aromatic heterocycles. The van der Waals surface area contributed by atoms with Crippen LogP contribution in [0.3, 0.4) is 0 Å². The van der Waals surface area contributed by atoms with E-state index < -0.39 is 11.9 Å². The van der Waals surface area contributed by atoms with Gasteiger partial charge in [-0.2, -0.15) is 0 Å². The molecule has 2 aromatic carbocycles. The van der Waals surface area contributed by atoms with Crippen LogP contribution in [0, 0.1) is 12.8 Å². The van der Waals surface area contributed by atoms with Crippen molar-refractivity contribution in [3.63, 3.8) is 0 Å². The second-order valence-electron chi connectivity index (χ2n) is 6.28. The predicted octanol–water partition coefficient (Wildman–Crippen LogP) is 3.43. The lowest BCUT2D eigenvalue weighted by Crippen LogP contribution is -2.27. The zero-order valence-electron chi connectivity index (χ0n) is 14.3. The largest absolute Gasteiger partial charge is 0.457 e. The first-order valence-electron chi connectivity index (χ1n) is 8.26. The second-order valence-corrected chi connectivity index (χ2v) is 6.72. The first kappa shape index (κ1) is 18.1. The summed E-state index contributed by atoms with van der Waals surface area (Å²) in [4.78, 5) is 38.1. The van der Waals surface area contributed by atoms with Gasteiger partial charge in [0.05, 0.1) is 5.92 Å². The molecule has 0 radical (unpaired) electrons. The van der Waals surface area contributed by atoms with Crippen LogP contribution >= 0.6 is 11.6 Å². The number of rotatable bonds is 5. The SMILES string of the molecule is Cc1cccc(N2C[C@H](C(=O)OCC(=O)c3ccc(Cl)cc3)CC2=O)c1. The minimum Gasteiger partial charge on any atom is -0.457 e. The summed E-state index contributed by atoms with van der Waals surface area (Å²) in [7, 11) is 0. The summed E-state index contributed by atoms with van der Waals surface area (Å²) in [5.41, 5.74) is 2.23. The fourth-order valence-electron chi connectivity index (χ4n) is 2.88. The molecule has 1 amide bonds. The number of ether oxygens (including phenoxy) is 1. The van der Waals surface area contributed by atoms with Crippen LogP contribution in [0.5, 0.6) is 0 Å². The fraction of sp³-hybridized carbons (Fsp3) is 0.250. The Morgan fingerprint density at radius 3 is 2.62 bits per heavy atom. The summed E-state index contributed by atoms with van der Waals surface area (Å²) in [5, 5.41) is 0.527. The van der Waals surface area contributed by atoms with E-state index in [1.165, 1.54) is 0 Å². The molecule has 6 heteroatoms. The summed E-state index contributed by atoms with van der Waals surface area (Å²) >= 11 is 5.78. The van der Waals surface area contributed by atoms with Crippen molar-refractivity contribution in [1.82, 2.24) is 0 Å². The van der Waals surface area contributed by atoms with Crippen LogP contribution in [-0.2, 0) is 14.3 Å². The van der Waals surface area contributed by atoms with Crippen LogP contribution in [-0.4, -0.2) is 30.8 Å². The number of nitrogens with zero attached hydrogens (tertiary/aromatic N) is 1. The monoisotopic (exact) mass is 371 g/mol. The normalized spacial score (nSPS) is 16.6. The number of hydrogen-bond donors (Lipinski definition) is 0. The van der Waals surface area contributed by atoms with Gasteiger partial charge in [0.2, 0.25) is 5.91 Å². The number of benzene rings is 2. The van der Waals surface area contributed by atoms with Gasteiger partial charge >= 0.3 is 5.97 Å². The summed E-state index contributed by atoms with van der Waals surface area (Å²) < 4.78 is 5.13. The summed E-state index contributed by atoms with van der Waals surface area (Å²) in [6.07, 6.45) is 0.0852. The van der Waals surface area contributed by atoms with Crippen molar-refractivity contribution in [2.75, 3.05) is 18.1 Å². The van der Waals surface area contributed by atoms with Gasteiger partial charge < -0.3 is 9.64 Å². The summed E-state index contributed by atoms with van der Waals surface area (Å²) in [6, 6.07) is 13.9. The van der Waals surface area contributed by atoms with Crippen LogP contribution in [0.25, 0.3) is 0 Å². The van der Waals surface area contributed by atoms with E-state index >= 15 is 0 Å². The molecule has 26 heavy (non-hydrogen) atoms. The molecule has 0 unspecified atom stereocenters. The Morgan fingerprint density at radius 2 is 1.92 bits per heavy atom. The Labute approximate surface area is 156 Å². The molecule has 1 saturated heterocycles.